The minimum atomic E-state index is -4.95. The fourth-order valence-electron chi connectivity index (χ4n) is 1.55. The Morgan fingerprint density at radius 2 is 1.90 bits per heavy atom. The largest absolute Gasteiger partial charge is 0.419 e. The van der Waals surface area contributed by atoms with Crippen molar-refractivity contribution in [1.82, 2.24) is 4.72 Å². The van der Waals surface area contributed by atoms with Crippen LogP contribution in [0.25, 0.3) is 0 Å². The number of hydrogen-bond acceptors (Lipinski definition) is 3. The van der Waals surface area contributed by atoms with Gasteiger partial charge in [-0.1, -0.05) is 6.07 Å². The van der Waals surface area contributed by atoms with Gasteiger partial charge < -0.3 is 0 Å². The van der Waals surface area contributed by atoms with Crippen molar-refractivity contribution in [1.29, 1.82) is 0 Å². The molecule has 0 saturated heterocycles. The molecule has 9 heteroatoms. The Hall–Kier alpha value is -1.45. The van der Waals surface area contributed by atoms with Crippen molar-refractivity contribution in [3.8, 4) is 0 Å². The first-order valence-electron chi connectivity index (χ1n) is 5.59. The molecule has 3 nitrogen and oxygen atoms in total. The number of thiophene rings is 1. The molecule has 0 atom stereocenters. The molecular weight excluding hydrogens is 330 g/mol. The van der Waals surface area contributed by atoms with Gasteiger partial charge >= 0.3 is 6.18 Å². The number of hydrogen-bond donors (Lipinski definition) is 1. The fourth-order valence-corrected chi connectivity index (χ4v) is 3.32. The summed E-state index contributed by atoms with van der Waals surface area (Å²) in [6, 6.07) is 4.96. The highest BCUT2D eigenvalue weighted by molar-refractivity contribution is 7.89. The monoisotopic (exact) mass is 339 g/mol. The maximum Gasteiger partial charge on any atom is 0.419 e. The van der Waals surface area contributed by atoms with E-state index in [9.17, 15) is 26.0 Å². The van der Waals surface area contributed by atoms with Crippen molar-refractivity contribution in [3.05, 3.63) is 52.0 Å². The molecule has 0 bridgehead atoms. The van der Waals surface area contributed by atoms with Crippen LogP contribution in [0.5, 0.6) is 0 Å². The van der Waals surface area contributed by atoms with Crippen molar-refractivity contribution in [2.24, 2.45) is 0 Å². The van der Waals surface area contributed by atoms with E-state index in [0.29, 0.717) is 10.9 Å². The average Bonchev–Trinajstić information content (AvgIpc) is 2.88. The van der Waals surface area contributed by atoms with Crippen LogP contribution in [0.4, 0.5) is 17.6 Å². The van der Waals surface area contributed by atoms with Crippen LogP contribution in [-0.4, -0.2) is 8.42 Å². The van der Waals surface area contributed by atoms with Gasteiger partial charge in [0.25, 0.3) is 0 Å². The number of nitrogens with one attached hydrogen (secondary N) is 1. The first-order valence-corrected chi connectivity index (χ1v) is 7.95. The molecule has 0 aliphatic carbocycles. The van der Waals surface area contributed by atoms with Gasteiger partial charge in [0.2, 0.25) is 10.0 Å². The van der Waals surface area contributed by atoms with E-state index in [-0.39, 0.29) is 12.6 Å². The van der Waals surface area contributed by atoms with Crippen molar-refractivity contribution >= 4 is 21.4 Å². The molecule has 1 aromatic heterocycles. The Balaban J connectivity index is 2.28. The molecule has 0 aliphatic rings. The number of alkyl halides is 3. The van der Waals surface area contributed by atoms with Gasteiger partial charge in [-0.3, -0.25) is 0 Å². The molecule has 0 fully saturated rings. The van der Waals surface area contributed by atoms with E-state index in [0.717, 1.165) is 6.07 Å². The molecule has 21 heavy (non-hydrogen) atoms. The second-order valence-electron chi connectivity index (χ2n) is 4.04. The molecule has 1 N–H and O–H groups in total. The van der Waals surface area contributed by atoms with Crippen LogP contribution in [0.3, 0.4) is 0 Å². The Labute approximate surface area is 122 Å². The molecular formula is C12H9F4NO2S2. The van der Waals surface area contributed by atoms with Gasteiger partial charge in [0, 0.05) is 11.4 Å². The standard InChI is InChI=1S/C12H9F4NO2S2/c13-11-4-3-9(6-10(11)12(14,15)16)21(18,19)17-7-8-2-1-5-20-8/h1-6,17H,7H2. The van der Waals surface area contributed by atoms with E-state index >= 15 is 0 Å². The van der Waals surface area contributed by atoms with Crippen LogP contribution in [0.15, 0.2) is 40.6 Å². The fraction of sp³-hybridized carbons (Fsp3) is 0.167. The van der Waals surface area contributed by atoms with Crippen LogP contribution in [0.2, 0.25) is 0 Å². The zero-order valence-corrected chi connectivity index (χ0v) is 11.9. The SMILES string of the molecule is O=S(=O)(NCc1cccs1)c1ccc(F)c(C(F)(F)F)c1. The first-order chi connectivity index (χ1) is 9.70. The number of rotatable bonds is 4. The predicted molar refractivity (Wildman–Crippen MR) is 69.7 cm³/mol. The van der Waals surface area contributed by atoms with Crippen molar-refractivity contribution < 1.29 is 26.0 Å². The summed E-state index contributed by atoms with van der Waals surface area (Å²) in [6.07, 6.45) is -4.95. The minimum Gasteiger partial charge on any atom is -0.207 e. The summed E-state index contributed by atoms with van der Waals surface area (Å²) >= 11 is 1.30. The van der Waals surface area contributed by atoms with Gasteiger partial charge in [0.05, 0.1) is 10.5 Å². The lowest BCUT2D eigenvalue weighted by molar-refractivity contribution is -0.140. The molecule has 114 valence electrons. The van der Waals surface area contributed by atoms with Crippen LogP contribution in [0.1, 0.15) is 10.4 Å². The third-order valence-corrected chi connectivity index (χ3v) is 4.85. The zero-order chi connectivity index (χ0) is 15.7. The third kappa shape index (κ3) is 3.80. The molecule has 1 heterocycles. The quantitative estimate of drug-likeness (QED) is 0.868. The Morgan fingerprint density at radius 1 is 1.19 bits per heavy atom. The lowest BCUT2D eigenvalue weighted by Crippen LogP contribution is -2.23. The van der Waals surface area contributed by atoms with Crippen LogP contribution in [0, 0.1) is 5.82 Å². The van der Waals surface area contributed by atoms with Crippen molar-refractivity contribution in [3.63, 3.8) is 0 Å². The lowest BCUT2D eigenvalue weighted by atomic mass is 10.2. The number of benzene rings is 1. The normalized spacial score (nSPS) is 12.6. The Kier molecular flexibility index (Phi) is 4.35. The van der Waals surface area contributed by atoms with Crippen molar-refractivity contribution in [2.45, 2.75) is 17.6 Å². The average molecular weight is 339 g/mol. The van der Waals surface area contributed by atoms with Crippen LogP contribution >= 0.6 is 11.3 Å². The third-order valence-electron chi connectivity index (χ3n) is 2.57. The van der Waals surface area contributed by atoms with E-state index in [4.69, 9.17) is 0 Å². The number of halogens is 4. The van der Waals surface area contributed by atoms with Gasteiger partial charge in [0.1, 0.15) is 5.82 Å². The van der Waals surface area contributed by atoms with E-state index in [1.54, 1.807) is 17.5 Å². The zero-order valence-electron chi connectivity index (χ0n) is 10.3. The second kappa shape index (κ2) is 5.74. The second-order valence-corrected chi connectivity index (χ2v) is 6.84. The van der Waals surface area contributed by atoms with Gasteiger partial charge in [-0.05, 0) is 29.6 Å². The molecule has 0 saturated carbocycles. The minimum absolute atomic E-state index is 0.0429. The molecule has 2 aromatic rings. The lowest BCUT2D eigenvalue weighted by Gasteiger charge is -2.11. The molecule has 0 spiro atoms. The van der Waals surface area contributed by atoms with E-state index in [1.165, 1.54) is 11.3 Å². The molecule has 0 amide bonds. The highest BCUT2D eigenvalue weighted by Crippen LogP contribution is 2.32. The summed E-state index contributed by atoms with van der Waals surface area (Å²) in [6.45, 7) is -0.0429. The van der Waals surface area contributed by atoms with Gasteiger partial charge in [-0.25, -0.2) is 17.5 Å². The molecule has 0 aliphatic heterocycles. The van der Waals surface area contributed by atoms with E-state index in [1.807, 2.05) is 0 Å². The summed E-state index contributed by atoms with van der Waals surface area (Å²) in [5, 5.41) is 1.74. The van der Waals surface area contributed by atoms with Gasteiger partial charge in [0.15, 0.2) is 0 Å². The Morgan fingerprint density at radius 3 is 2.48 bits per heavy atom. The summed E-state index contributed by atoms with van der Waals surface area (Å²) in [7, 11) is -4.15. The van der Waals surface area contributed by atoms with E-state index in [2.05, 4.69) is 4.72 Å². The molecule has 0 unspecified atom stereocenters. The highest BCUT2D eigenvalue weighted by atomic mass is 32.2. The first kappa shape index (κ1) is 15.9. The Bertz CT molecular complexity index is 724. The summed E-state index contributed by atoms with van der Waals surface area (Å²) in [5.41, 5.74) is -1.61. The maximum atomic E-state index is 13.1. The van der Waals surface area contributed by atoms with Crippen LogP contribution in [-0.2, 0) is 22.7 Å². The van der Waals surface area contributed by atoms with Crippen molar-refractivity contribution in [2.75, 3.05) is 0 Å². The summed E-state index contributed by atoms with van der Waals surface area (Å²) < 4.78 is 76.9. The van der Waals surface area contributed by atoms with Gasteiger partial charge in [-0.2, -0.15) is 13.2 Å². The highest BCUT2D eigenvalue weighted by Gasteiger charge is 2.35. The molecule has 0 radical (unpaired) electrons. The smallest absolute Gasteiger partial charge is 0.207 e. The number of sulfonamides is 1. The van der Waals surface area contributed by atoms with E-state index < -0.39 is 32.5 Å². The molecule has 2 rings (SSSR count). The van der Waals surface area contributed by atoms with Crippen LogP contribution < -0.4 is 4.72 Å². The van der Waals surface area contributed by atoms with Gasteiger partial charge in [-0.15, -0.1) is 11.3 Å². The predicted octanol–water partition coefficient (Wildman–Crippen LogP) is 3.38. The topological polar surface area (TPSA) is 46.2 Å². The summed E-state index contributed by atoms with van der Waals surface area (Å²) in [5.74, 6) is -1.51. The summed E-state index contributed by atoms with van der Waals surface area (Å²) in [4.78, 5) is 0.0736. The molecule has 1 aromatic carbocycles. The maximum absolute atomic E-state index is 13.1.